The molecule has 0 radical (unpaired) electrons. The van der Waals surface area contributed by atoms with Gasteiger partial charge in [0, 0.05) is 0 Å². The van der Waals surface area contributed by atoms with Gasteiger partial charge in [0.25, 0.3) is 5.56 Å². The van der Waals surface area contributed by atoms with Gasteiger partial charge >= 0.3 is 0 Å². The molecular weight excluding hydrogens is 304 g/mol. The summed E-state index contributed by atoms with van der Waals surface area (Å²) in [5.41, 5.74) is 0.447. The number of benzene rings is 1. The van der Waals surface area contributed by atoms with Crippen LogP contribution in [-0.4, -0.2) is 9.78 Å². The van der Waals surface area contributed by atoms with Crippen LogP contribution in [0.2, 0.25) is 0 Å². The van der Waals surface area contributed by atoms with E-state index in [4.69, 9.17) is 10.5 Å². The van der Waals surface area contributed by atoms with Gasteiger partial charge in [-0.1, -0.05) is 41.7 Å². The van der Waals surface area contributed by atoms with Crippen molar-refractivity contribution in [1.82, 2.24) is 9.78 Å². The Morgan fingerprint density at radius 1 is 1.14 bits per heavy atom. The van der Waals surface area contributed by atoms with Gasteiger partial charge in [0.05, 0.1) is 25.9 Å². The number of hydrogen-bond acceptors (Lipinski definition) is 6. The van der Waals surface area contributed by atoms with Crippen LogP contribution in [0.4, 0.5) is 0 Å². The van der Waals surface area contributed by atoms with Gasteiger partial charge in [0.15, 0.2) is 0 Å². The molecule has 3 rings (SSSR count). The average molecular weight is 310 g/mol. The number of nitrogens with zero attached hydrogens (tertiary/aromatic N) is 4. The van der Waals surface area contributed by atoms with Crippen molar-refractivity contribution in [2.75, 3.05) is 0 Å². The first-order chi connectivity index (χ1) is 10.2. The summed E-state index contributed by atoms with van der Waals surface area (Å²) in [7, 11) is 0. The van der Waals surface area contributed by atoms with Crippen molar-refractivity contribution >= 4 is 23.5 Å². The molecular formula is C14H6N4OS2. The lowest BCUT2D eigenvalue weighted by Crippen LogP contribution is -2.22. The van der Waals surface area contributed by atoms with Gasteiger partial charge in [-0.05, 0) is 12.1 Å². The third-order valence-electron chi connectivity index (χ3n) is 2.73. The topological polar surface area (TPSA) is 82.5 Å². The predicted molar refractivity (Wildman–Crippen MR) is 79.8 cm³/mol. The summed E-state index contributed by atoms with van der Waals surface area (Å²) >= 11 is 2.39. The van der Waals surface area contributed by atoms with Crippen molar-refractivity contribution < 1.29 is 0 Å². The van der Waals surface area contributed by atoms with Crippen LogP contribution in [0.5, 0.6) is 0 Å². The molecule has 1 aliphatic rings. The number of nitriles is 2. The first kappa shape index (κ1) is 13.5. The molecule has 0 amide bonds. The zero-order chi connectivity index (χ0) is 14.8. The first-order valence-electron chi connectivity index (χ1n) is 5.82. The summed E-state index contributed by atoms with van der Waals surface area (Å²) in [6, 6.07) is 12.8. The summed E-state index contributed by atoms with van der Waals surface area (Å²) in [6.45, 7) is 0. The fourth-order valence-electron chi connectivity index (χ4n) is 1.77. The van der Waals surface area contributed by atoms with Crippen molar-refractivity contribution in [2.24, 2.45) is 0 Å². The van der Waals surface area contributed by atoms with E-state index in [1.165, 1.54) is 16.4 Å². The van der Waals surface area contributed by atoms with E-state index in [-0.39, 0.29) is 11.1 Å². The Morgan fingerprint density at radius 3 is 2.52 bits per heavy atom. The van der Waals surface area contributed by atoms with Crippen molar-refractivity contribution in [3.05, 3.63) is 56.7 Å². The number of allylic oxidation sites excluding steroid dienone is 1. The minimum Gasteiger partial charge on any atom is -0.266 e. The average Bonchev–Trinajstić information content (AvgIpc) is 2.95. The first-order valence-corrected chi connectivity index (χ1v) is 7.46. The Balaban J connectivity index is 2.12. The van der Waals surface area contributed by atoms with Crippen LogP contribution < -0.4 is 5.56 Å². The molecule has 5 nitrogen and oxygen atoms in total. The largest absolute Gasteiger partial charge is 0.286 e. The molecule has 0 saturated carbocycles. The quantitative estimate of drug-likeness (QED) is 0.753. The molecule has 0 unspecified atom stereocenters. The fourth-order valence-corrected chi connectivity index (χ4v) is 4.09. The summed E-state index contributed by atoms with van der Waals surface area (Å²) in [5.74, 6) is 0. The van der Waals surface area contributed by atoms with Gasteiger partial charge in [-0.15, -0.1) is 0 Å². The zero-order valence-electron chi connectivity index (χ0n) is 10.5. The van der Waals surface area contributed by atoms with Crippen LogP contribution in [0.3, 0.4) is 0 Å². The SMILES string of the molecule is N#CC(C#N)=C1Sc2cnn(-c3ccccc3)c(=O)c2S1. The van der Waals surface area contributed by atoms with Gasteiger partial charge in [-0.3, -0.25) is 4.79 Å². The van der Waals surface area contributed by atoms with Gasteiger partial charge in [0.2, 0.25) is 0 Å². The Labute approximate surface area is 128 Å². The lowest BCUT2D eigenvalue weighted by atomic mass is 10.3. The third kappa shape index (κ3) is 2.33. The van der Waals surface area contributed by atoms with Crippen molar-refractivity contribution in [3.8, 4) is 17.8 Å². The Bertz CT molecular complexity index is 872. The molecule has 0 fully saturated rings. The van der Waals surface area contributed by atoms with Crippen LogP contribution in [0.1, 0.15) is 0 Å². The molecule has 7 heteroatoms. The maximum Gasteiger partial charge on any atom is 0.286 e. The number of para-hydroxylation sites is 1. The lowest BCUT2D eigenvalue weighted by molar-refractivity contribution is 0.758. The second-order valence-electron chi connectivity index (χ2n) is 3.98. The zero-order valence-corrected chi connectivity index (χ0v) is 12.1. The van der Waals surface area contributed by atoms with E-state index < -0.39 is 0 Å². The molecule has 0 N–H and O–H groups in total. The number of fused-ring (bicyclic) bond motifs is 1. The second kappa shape index (κ2) is 5.49. The smallest absolute Gasteiger partial charge is 0.266 e. The van der Waals surface area contributed by atoms with Crippen LogP contribution in [0.25, 0.3) is 5.69 Å². The molecule has 0 spiro atoms. The number of rotatable bonds is 1. The van der Waals surface area contributed by atoms with Gasteiger partial charge in [-0.2, -0.15) is 20.3 Å². The molecule has 1 aromatic heterocycles. The molecule has 1 aliphatic heterocycles. The Morgan fingerprint density at radius 2 is 1.86 bits per heavy atom. The maximum absolute atomic E-state index is 12.5. The highest BCUT2D eigenvalue weighted by Crippen LogP contribution is 2.50. The van der Waals surface area contributed by atoms with E-state index in [0.717, 1.165) is 11.8 Å². The molecule has 2 aromatic rings. The molecule has 2 heterocycles. The van der Waals surface area contributed by atoms with E-state index in [0.29, 0.717) is 19.7 Å². The van der Waals surface area contributed by atoms with E-state index in [1.54, 1.807) is 18.3 Å². The minimum atomic E-state index is -0.249. The standard InChI is InChI=1S/C14H6N4OS2/c15-6-9(7-16)14-20-11-8-17-18(13(19)12(11)21-14)10-4-2-1-3-5-10/h1-5,8H. The lowest BCUT2D eigenvalue weighted by Gasteiger charge is -2.04. The van der Waals surface area contributed by atoms with Crippen LogP contribution in [0.15, 0.2) is 60.9 Å². The predicted octanol–water partition coefficient (Wildman–Crippen LogP) is 2.69. The van der Waals surface area contributed by atoms with Gasteiger partial charge in [-0.25, -0.2) is 0 Å². The monoisotopic (exact) mass is 310 g/mol. The molecule has 0 bridgehead atoms. The number of aromatic nitrogens is 2. The molecule has 0 atom stereocenters. The number of hydrogen-bond donors (Lipinski definition) is 0. The highest BCUT2D eigenvalue weighted by Gasteiger charge is 2.25. The fraction of sp³-hybridized carbons (Fsp3) is 0. The highest BCUT2D eigenvalue weighted by atomic mass is 32.2. The van der Waals surface area contributed by atoms with Gasteiger partial charge < -0.3 is 0 Å². The van der Waals surface area contributed by atoms with E-state index in [1.807, 2.05) is 30.3 Å². The molecule has 100 valence electrons. The summed E-state index contributed by atoms with van der Waals surface area (Å²) < 4.78 is 1.84. The van der Waals surface area contributed by atoms with Crippen molar-refractivity contribution in [1.29, 1.82) is 10.5 Å². The van der Waals surface area contributed by atoms with E-state index in [9.17, 15) is 4.79 Å². The number of thioether (sulfide) groups is 2. The molecule has 0 saturated heterocycles. The molecule has 0 aliphatic carbocycles. The van der Waals surface area contributed by atoms with Crippen LogP contribution in [-0.2, 0) is 0 Å². The highest BCUT2D eigenvalue weighted by molar-refractivity contribution is 8.24. The van der Waals surface area contributed by atoms with Crippen molar-refractivity contribution in [3.63, 3.8) is 0 Å². The van der Waals surface area contributed by atoms with E-state index >= 15 is 0 Å². The van der Waals surface area contributed by atoms with E-state index in [2.05, 4.69) is 5.10 Å². The third-order valence-corrected chi connectivity index (χ3v) is 5.26. The maximum atomic E-state index is 12.5. The molecule has 21 heavy (non-hydrogen) atoms. The summed E-state index contributed by atoms with van der Waals surface area (Å²) in [6.07, 6.45) is 1.58. The molecule has 1 aromatic carbocycles. The normalized spacial score (nSPS) is 12.4. The van der Waals surface area contributed by atoms with Crippen molar-refractivity contribution in [2.45, 2.75) is 9.79 Å². The van der Waals surface area contributed by atoms with Crippen LogP contribution >= 0.6 is 23.5 Å². The van der Waals surface area contributed by atoms with Crippen LogP contribution in [0, 0.1) is 22.7 Å². The van der Waals surface area contributed by atoms with Gasteiger partial charge in [0.1, 0.15) is 17.7 Å². The minimum absolute atomic E-state index is 0.0202. The Hall–Kier alpha value is -2.48. The summed E-state index contributed by atoms with van der Waals surface area (Å²) in [4.78, 5) is 13.7. The summed E-state index contributed by atoms with van der Waals surface area (Å²) in [5, 5.41) is 22.0. The second-order valence-corrected chi connectivity index (χ2v) is 6.31. The Kier molecular flexibility index (Phi) is 3.53.